The summed E-state index contributed by atoms with van der Waals surface area (Å²) in [6, 6.07) is 32.0. The molecule has 0 heterocycles. The zero-order chi connectivity index (χ0) is 23.9. The zero-order valence-corrected chi connectivity index (χ0v) is 22.1. The Morgan fingerprint density at radius 2 is 1.12 bits per heavy atom. The van der Waals surface area contributed by atoms with Gasteiger partial charge in [0.2, 0.25) is 0 Å². The first-order chi connectivity index (χ1) is 16.7. The summed E-state index contributed by atoms with van der Waals surface area (Å²) in [6.07, 6.45) is 4.07. The van der Waals surface area contributed by atoms with Crippen molar-refractivity contribution in [2.75, 3.05) is 5.75 Å². The summed E-state index contributed by atoms with van der Waals surface area (Å²) in [5.74, 6) is 3.38. The van der Waals surface area contributed by atoms with Gasteiger partial charge in [0.25, 0.3) is 0 Å². The van der Waals surface area contributed by atoms with Crippen LogP contribution < -0.4 is 0 Å². The molecule has 0 spiro atoms. The molecule has 5 heteroatoms. The van der Waals surface area contributed by atoms with Crippen LogP contribution in [0.3, 0.4) is 0 Å². The van der Waals surface area contributed by atoms with E-state index in [1.54, 1.807) is 0 Å². The number of benzene rings is 3. The van der Waals surface area contributed by atoms with E-state index in [4.69, 9.17) is 5.11 Å². The molecule has 3 rings (SSSR count). The second-order valence-corrected chi connectivity index (χ2v) is 12.4. The lowest BCUT2D eigenvalue weighted by molar-refractivity contribution is -0.137. The number of unbranched alkanes of at least 4 members (excludes halogenated alkanes) is 1. The van der Waals surface area contributed by atoms with Crippen molar-refractivity contribution in [2.24, 2.45) is 0 Å². The summed E-state index contributed by atoms with van der Waals surface area (Å²) >= 11 is 6.10. The quantitative estimate of drug-likeness (QED) is 0.154. The van der Waals surface area contributed by atoms with Crippen LogP contribution in [0.25, 0.3) is 0 Å². The molecule has 0 aliphatic heterocycles. The van der Waals surface area contributed by atoms with Gasteiger partial charge in [0, 0.05) is 23.7 Å². The lowest BCUT2D eigenvalue weighted by atomic mass is 10.1. The SMILES string of the molecule is O=C(O)CCCCC(CCSCc1ccccc1)(SCc1ccccc1)SCc1ccccc1. The molecular formula is C29H34O2S3. The Balaban J connectivity index is 1.68. The summed E-state index contributed by atoms with van der Waals surface area (Å²) in [5, 5.41) is 9.11. The Morgan fingerprint density at radius 3 is 1.59 bits per heavy atom. The van der Waals surface area contributed by atoms with E-state index in [9.17, 15) is 4.79 Å². The lowest BCUT2D eigenvalue weighted by Gasteiger charge is -2.33. The first kappa shape index (κ1) is 26.8. The number of hydrogen-bond donors (Lipinski definition) is 1. The Bertz CT molecular complexity index is 905. The van der Waals surface area contributed by atoms with Crippen molar-refractivity contribution in [2.45, 2.75) is 53.4 Å². The highest BCUT2D eigenvalue weighted by Gasteiger charge is 2.31. The predicted octanol–water partition coefficient (Wildman–Crippen LogP) is 8.52. The average Bonchev–Trinajstić information content (AvgIpc) is 2.88. The smallest absolute Gasteiger partial charge is 0.303 e. The first-order valence-corrected chi connectivity index (χ1v) is 15.0. The summed E-state index contributed by atoms with van der Waals surface area (Å²) < 4.78 is 0.0634. The largest absolute Gasteiger partial charge is 0.481 e. The second kappa shape index (κ2) is 15.2. The highest BCUT2D eigenvalue weighted by Crippen LogP contribution is 2.48. The van der Waals surface area contributed by atoms with Crippen LogP contribution in [0.15, 0.2) is 91.0 Å². The normalized spacial score (nSPS) is 11.4. The fourth-order valence-corrected chi connectivity index (χ4v) is 8.02. The van der Waals surface area contributed by atoms with Crippen LogP contribution >= 0.6 is 35.3 Å². The van der Waals surface area contributed by atoms with Gasteiger partial charge < -0.3 is 5.11 Å². The number of carboxylic acids is 1. The molecule has 1 N–H and O–H groups in total. The Morgan fingerprint density at radius 1 is 0.647 bits per heavy atom. The van der Waals surface area contributed by atoms with Crippen molar-refractivity contribution < 1.29 is 9.90 Å². The van der Waals surface area contributed by atoms with E-state index in [1.165, 1.54) is 16.7 Å². The van der Waals surface area contributed by atoms with Crippen LogP contribution in [0.1, 0.15) is 48.8 Å². The molecule has 0 saturated heterocycles. The number of carbonyl (C=O) groups is 1. The molecule has 0 bridgehead atoms. The van der Waals surface area contributed by atoms with Crippen molar-refractivity contribution in [1.82, 2.24) is 0 Å². The van der Waals surface area contributed by atoms with Crippen LogP contribution in [0.2, 0.25) is 0 Å². The van der Waals surface area contributed by atoms with E-state index in [2.05, 4.69) is 91.0 Å². The molecule has 0 unspecified atom stereocenters. The average molecular weight is 511 g/mol. The van der Waals surface area contributed by atoms with Crippen LogP contribution in [0, 0.1) is 0 Å². The maximum absolute atomic E-state index is 11.1. The highest BCUT2D eigenvalue weighted by molar-refractivity contribution is 8.17. The van der Waals surface area contributed by atoms with Crippen molar-refractivity contribution in [3.8, 4) is 0 Å². The van der Waals surface area contributed by atoms with E-state index >= 15 is 0 Å². The van der Waals surface area contributed by atoms with Gasteiger partial charge in [-0.25, -0.2) is 0 Å². The molecule has 3 aromatic rings. The molecule has 0 aliphatic carbocycles. The fraction of sp³-hybridized carbons (Fsp3) is 0.345. The van der Waals surface area contributed by atoms with Crippen molar-refractivity contribution in [3.05, 3.63) is 108 Å². The van der Waals surface area contributed by atoms with Gasteiger partial charge in [0.05, 0.1) is 4.08 Å². The first-order valence-electron chi connectivity index (χ1n) is 11.8. The molecule has 0 aliphatic rings. The summed E-state index contributed by atoms with van der Waals surface area (Å²) in [5.41, 5.74) is 4.06. The van der Waals surface area contributed by atoms with E-state index in [0.29, 0.717) is 0 Å². The molecule has 0 amide bonds. The molecule has 0 radical (unpaired) electrons. The Hall–Kier alpha value is -1.82. The second-order valence-electron chi connectivity index (χ2n) is 8.35. The maximum Gasteiger partial charge on any atom is 0.303 e. The molecule has 3 aromatic carbocycles. The molecule has 34 heavy (non-hydrogen) atoms. The Kier molecular flexibility index (Phi) is 12.0. The van der Waals surface area contributed by atoms with Crippen molar-refractivity contribution in [3.63, 3.8) is 0 Å². The van der Waals surface area contributed by atoms with Gasteiger partial charge in [-0.2, -0.15) is 11.8 Å². The van der Waals surface area contributed by atoms with Gasteiger partial charge in [-0.15, -0.1) is 23.5 Å². The zero-order valence-electron chi connectivity index (χ0n) is 19.6. The molecule has 0 saturated carbocycles. The Labute approximate surface area is 217 Å². The van der Waals surface area contributed by atoms with E-state index in [-0.39, 0.29) is 10.5 Å². The monoisotopic (exact) mass is 510 g/mol. The van der Waals surface area contributed by atoms with Gasteiger partial charge in [-0.1, -0.05) is 97.4 Å². The van der Waals surface area contributed by atoms with Gasteiger partial charge in [0.1, 0.15) is 0 Å². The molecule has 180 valence electrons. The fourth-order valence-electron chi connectivity index (χ4n) is 3.70. The van der Waals surface area contributed by atoms with Crippen LogP contribution in [-0.2, 0) is 22.1 Å². The summed E-state index contributed by atoms with van der Waals surface area (Å²) in [6.45, 7) is 0. The third kappa shape index (κ3) is 10.2. The summed E-state index contributed by atoms with van der Waals surface area (Å²) in [4.78, 5) is 11.1. The topological polar surface area (TPSA) is 37.3 Å². The molecule has 2 nitrogen and oxygen atoms in total. The third-order valence-corrected chi connectivity index (χ3v) is 10.2. The minimum absolute atomic E-state index is 0.0634. The van der Waals surface area contributed by atoms with Gasteiger partial charge in [-0.3, -0.25) is 4.79 Å². The molecule has 0 aromatic heterocycles. The minimum Gasteiger partial charge on any atom is -0.481 e. The standard InChI is InChI=1S/C29H34O2S3/c30-28(31)18-10-11-19-29(33-23-26-14-6-2-7-15-26,34-24-27-16-8-3-9-17-27)20-21-32-22-25-12-4-1-5-13-25/h1-9,12-17H,10-11,18-24H2,(H,30,31). The number of aliphatic carboxylic acids is 1. The number of carboxylic acid groups (broad SMARTS) is 1. The minimum atomic E-state index is -0.696. The molecular weight excluding hydrogens is 477 g/mol. The molecule has 0 atom stereocenters. The predicted molar refractivity (Wildman–Crippen MR) is 152 cm³/mol. The van der Waals surface area contributed by atoms with Crippen LogP contribution in [0.4, 0.5) is 0 Å². The highest BCUT2D eigenvalue weighted by atomic mass is 32.2. The third-order valence-electron chi connectivity index (χ3n) is 5.63. The van der Waals surface area contributed by atoms with Crippen LogP contribution in [-0.4, -0.2) is 20.9 Å². The van der Waals surface area contributed by atoms with E-state index in [0.717, 1.165) is 48.7 Å². The number of rotatable bonds is 16. The van der Waals surface area contributed by atoms with E-state index in [1.807, 2.05) is 35.3 Å². The van der Waals surface area contributed by atoms with E-state index < -0.39 is 5.97 Å². The van der Waals surface area contributed by atoms with Gasteiger partial charge in [-0.05, 0) is 41.7 Å². The van der Waals surface area contributed by atoms with Crippen molar-refractivity contribution in [1.29, 1.82) is 0 Å². The van der Waals surface area contributed by atoms with Gasteiger partial charge >= 0.3 is 5.97 Å². The lowest BCUT2D eigenvalue weighted by Crippen LogP contribution is -2.22. The maximum atomic E-state index is 11.1. The van der Waals surface area contributed by atoms with Crippen LogP contribution in [0.5, 0.6) is 0 Å². The number of thioether (sulfide) groups is 3. The van der Waals surface area contributed by atoms with Gasteiger partial charge in [0.15, 0.2) is 0 Å². The summed E-state index contributed by atoms with van der Waals surface area (Å²) in [7, 11) is 0. The number of hydrogen-bond acceptors (Lipinski definition) is 4. The van der Waals surface area contributed by atoms with Crippen molar-refractivity contribution >= 4 is 41.3 Å². The molecule has 0 fully saturated rings.